The van der Waals surface area contributed by atoms with Crippen molar-refractivity contribution in [2.75, 3.05) is 17.7 Å². The molecule has 2 N–H and O–H groups in total. The van der Waals surface area contributed by atoms with E-state index in [4.69, 9.17) is 9.72 Å². The van der Waals surface area contributed by atoms with Crippen LogP contribution in [0, 0.1) is 5.82 Å². The number of amides is 1. The van der Waals surface area contributed by atoms with Gasteiger partial charge in [-0.3, -0.25) is 9.36 Å². The van der Waals surface area contributed by atoms with Crippen molar-refractivity contribution in [2.45, 2.75) is 13.0 Å². The van der Waals surface area contributed by atoms with Crippen molar-refractivity contribution < 1.29 is 13.9 Å². The summed E-state index contributed by atoms with van der Waals surface area (Å²) in [5.74, 6) is 0.582. The molecule has 1 aliphatic heterocycles. The van der Waals surface area contributed by atoms with E-state index >= 15 is 0 Å². The number of nitrogens with one attached hydrogen (secondary N) is 2. The Morgan fingerprint density at radius 1 is 1.06 bits per heavy atom. The zero-order valence-electron chi connectivity index (χ0n) is 17.6. The highest BCUT2D eigenvalue weighted by atomic mass is 19.1. The monoisotopic (exact) mass is 428 g/mol. The molecule has 2 heterocycles. The fraction of sp³-hybridized carbons (Fsp3) is 0.120. The predicted octanol–water partition coefficient (Wildman–Crippen LogP) is 5.11. The molecule has 6 nitrogen and oxygen atoms in total. The number of rotatable bonds is 4. The topological polar surface area (TPSA) is 68.2 Å². The van der Waals surface area contributed by atoms with Crippen molar-refractivity contribution in [3.63, 3.8) is 0 Å². The Hall–Kier alpha value is -4.13. The Morgan fingerprint density at radius 2 is 1.78 bits per heavy atom. The number of carbonyl (C=O) groups excluding carboxylic acids is 1. The van der Waals surface area contributed by atoms with E-state index in [2.05, 4.69) is 10.6 Å². The summed E-state index contributed by atoms with van der Waals surface area (Å²) in [6, 6.07) is 20.7. The molecule has 5 rings (SSSR count). The summed E-state index contributed by atoms with van der Waals surface area (Å²) in [5, 5.41) is 6.25. The lowest BCUT2D eigenvalue weighted by Gasteiger charge is -2.30. The lowest BCUT2D eigenvalue weighted by atomic mass is 9.94. The van der Waals surface area contributed by atoms with Gasteiger partial charge in [0.15, 0.2) is 0 Å². The Bertz CT molecular complexity index is 1360. The lowest BCUT2D eigenvalue weighted by Crippen LogP contribution is -2.31. The van der Waals surface area contributed by atoms with Crippen molar-refractivity contribution in [1.82, 2.24) is 9.55 Å². The van der Waals surface area contributed by atoms with Crippen LogP contribution in [0.4, 0.5) is 16.0 Å². The summed E-state index contributed by atoms with van der Waals surface area (Å²) in [6.07, 6.45) is 0. The number of imidazole rings is 1. The summed E-state index contributed by atoms with van der Waals surface area (Å²) in [5.41, 5.74) is 4.22. The first kappa shape index (κ1) is 19.8. The molecular weight excluding hydrogens is 407 g/mol. The second-order valence-corrected chi connectivity index (χ2v) is 7.57. The molecule has 0 fully saturated rings. The highest BCUT2D eigenvalue weighted by molar-refractivity contribution is 6.07. The Kier molecular flexibility index (Phi) is 4.86. The van der Waals surface area contributed by atoms with E-state index in [0.29, 0.717) is 28.7 Å². The van der Waals surface area contributed by atoms with Crippen molar-refractivity contribution >= 4 is 28.6 Å². The third-order valence-corrected chi connectivity index (χ3v) is 5.62. The minimum atomic E-state index is -0.492. The molecular formula is C25H21FN4O2. The second-order valence-electron chi connectivity index (χ2n) is 7.57. The van der Waals surface area contributed by atoms with Crippen LogP contribution in [0.3, 0.4) is 0 Å². The van der Waals surface area contributed by atoms with Gasteiger partial charge in [0.05, 0.1) is 35.4 Å². The van der Waals surface area contributed by atoms with Gasteiger partial charge in [-0.15, -0.1) is 0 Å². The smallest absolute Gasteiger partial charge is 0.255 e. The normalized spacial score (nSPS) is 15.3. The maximum absolute atomic E-state index is 13.7. The number of carbonyl (C=O) groups is 1. The van der Waals surface area contributed by atoms with Crippen molar-refractivity contribution in [3.8, 4) is 5.75 Å². The Labute approximate surface area is 184 Å². The van der Waals surface area contributed by atoms with E-state index in [9.17, 15) is 9.18 Å². The minimum absolute atomic E-state index is 0.280. The molecule has 32 heavy (non-hydrogen) atoms. The third kappa shape index (κ3) is 3.28. The molecule has 1 unspecified atom stereocenters. The summed E-state index contributed by atoms with van der Waals surface area (Å²) >= 11 is 0. The Morgan fingerprint density at radius 3 is 2.56 bits per heavy atom. The van der Waals surface area contributed by atoms with Gasteiger partial charge in [-0.05, 0) is 48.9 Å². The molecule has 1 aliphatic rings. The number of aromatic nitrogens is 2. The number of fused-ring (bicyclic) bond motifs is 3. The number of methoxy groups -OCH3 is 1. The number of allylic oxidation sites excluding steroid dienone is 1. The van der Waals surface area contributed by atoms with Crippen LogP contribution in [0.5, 0.6) is 5.75 Å². The largest absolute Gasteiger partial charge is 0.495 e. The van der Waals surface area contributed by atoms with E-state index in [1.54, 1.807) is 31.4 Å². The fourth-order valence-electron chi connectivity index (χ4n) is 4.16. The summed E-state index contributed by atoms with van der Waals surface area (Å²) < 4.78 is 21.1. The van der Waals surface area contributed by atoms with E-state index in [0.717, 1.165) is 16.6 Å². The van der Waals surface area contributed by atoms with Crippen LogP contribution >= 0.6 is 0 Å². The fourth-order valence-corrected chi connectivity index (χ4v) is 4.16. The van der Waals surface area contributed by atoms with Gasteiger partial charge >= 0.3 is 0 Å². The van der Waals surface area contributed by atoms with Crippen LogP contribution in [-0.2, 0) is 4.79 Å². The van der Waals surface area contributed by atoms with E-state index < -0.39 is 6.04 Å². The molecule has 1 atom stereocenters. The predicted molar refractivity (Wildman–Crippen MR) is 122 cm³/mol. The third-order valence-electron chi connectivity index (χ3n) is 5.62. The van der Waals surface area contributed by atoms with Gasteiger partial charge < -0.3 is 15.4 Å². The van der Waals surface area contributed by atoms with E-state index in [1.807, 2.05) is 47.9 Å². The zero-order chi connectivity index (χ0) is 22.2. The van der Waals surface area contributed by atoms with Gasteiger partial charge in [0.25, 0.3) is 5.91 Å². The summed E-state index contributed by atoms with van der Waals surface area (Å²) in [7, 11) is 1.56. The van der Waals surface area contributed by atoms with Crippen molar-refractivity contribution in [2.24, 2.45) is 0 Å². The molecule has 7 heteroatoms. The number of hydrogen-bond donors (Lipinski definition) is 2. The average Bonchev–Trinajstić information content (AvgIpc) is 3.17. The SMILES string of the molecule is COc1ccccc1NC(=O)C1=C(C)Nc2nc3ccccc3n2C1c1ccc(F)cc1. The van der Waals surface area contributed by atoms with Crippen LogP contribution in [0.25, 0.3) is 11.0 Å². The number of nitrogens with zero attached hydrogens (tertiary/aromatic N) is 2. The second kappa shape index (κ2) is 7.85. The number of ether oxygens (including phenoxy) is 1. The van der Waals surface area contributed by atoms with E-state index in [1.165, 1.54) is 12.1 Å². The molecule has 1 aromatic heterocycles. The first-order chi connectivity index (χ1) is 15.6. The highest BCUT2D eigenvalue weighted by Gasteiger charge is 2.34. The molecule has 1 amide bonds. The van der Waals surface area contributed by atoms with Crippen LogP contribution in [0.1, 0.15) is 18.5 Å². The lowest BCUT2D eigenvalue weighted by molar-refractivity contribution is -0.113. The van der Waals surface area contributed by atoms with Crippen molar-refractivity contribution in [3.05, 3.63) is 95.4 Å². The molecule has 4 aromatic rings. The van der Waals surface area contributed by atoms with Gasteiger partial charge in [-0.25, -0.2) is 9.37 Å². The molecule has 0 saturated heterocycles. The quantitative estimate of drug-likeness (QED) is 0.474. The van der Waals surface area contributed by atoms with Gasteiger partial charge in [0.2, 0.25) is 5.95 Å². The number of anilines is 2. The summed E-state index contributed by atoms with van der Waals surface area (Å²) in [6.45, 7) is 1.84. The van der Waals surface area contributed by atoms with Gasteiger partial charge in [0.1, 0.15) is 11.6 Å². The molecule has 0 radical (unpaired) electrons. The maximum atomic E-state index is 13.7. The molecule has 0 spiro atoms. The highest BCUT2D eigenvalue weighted by Crippen LogP contribution is 2.39. The number of halogens is 1. The van der Waals surface area contributed by atoms with Gasteiger partial charge in [-0.1, -0.05) is 36.4 Å². The first-order valence-corrected chi connectivity index (χ1v) is 10.2. The number of para-hydroxylation sites is 4. The molecule has 0 saturated carbocycles. The summed E-state index contributed by atoms with van der Waals surface area (Å²) in [4.78, 5) is 18.3. The minimum Gasteiger partial charge on any atom is -0.495 e. The number of hydrogen-bond acceptors (Lipinski definition) is 4. The zero-order valence-corrected chi connectivity index (χ0v) is 17.6. The van der Waals surface area contributed by atoms with Crippen LogP contribution in [-0.4, -0.2) is 22.6 Å². The van der Waals surface area contributed by atoms with Crippen LogP contribution < -0.4 is 15.4 Å². The standard InChI is InChI=1S/C25H21FN4O2/c1-15-22(24(31)28-19-8-4-6-10-21(19)32-2)23(16-11-13-17(26)14-12-16)30-20-9-5-3-7-18(20)29-25(30)27-15/h3-14,23H,1-2H3,(H,27,29)(H,28,31). The van der Waals surface area contributed by atoms with Gasteiger partial charge in [0, 0.05) is 5.70 Å². The number of benzene rings is 3. The first-order valence-electron chi connectivity index (χ1n) is 10.2. The molecule has 3 aromatic carbocycles. The van der Waals surface area contributed by atoms with E-state index in [-0.39, 0.29) is 11.7 Å². The van der Waals surface area contributed by atoms with Crippen LogP contribution in [0.2, 0.25) is 0 Å². The average molecular weight is 428 g/mol. The van der Waals surface area contributed by atoms with Gasteiger partial charge in [-0.2, -0.15) is 0 Å². The Balaban J connectivity index is 1.66. The molecule has 0 bridgehead atoms. The van der Waals surface area contributed by atoms with Crippen LogP contribution in [0.15, 0.2) is 84.1 Å². The molecule has 0 aliphatic carbocycles. The van der Waals surface area contributed by atoms with Crippen molar-refractivity contribution in [1.29, 1.82) is 0 Å². The molecule has 160 valence electrons. The maximum Gasteiger partial charge on any atom is 0.255 e.